The Bertz CT molecular complexity index is 537. The van der Waals surface area contributed by atoms with Gasteiger partial charge in [-0.05, 0) is 17.7 Å². The van der Waals surface area contributed by atoms with E-state index in [1.165, 1.54) is 0 Å². The van der Waals surface area contributed by atoms with E-state index in [4.69, 9.17) is 9.47 Å². The molecule has 0 spiro atoms. The second-order valence-electron chi connectivity index (χ2n) is 4.38. The van der Waals surface area contributed by atoms with Crippen LogP contribution in [0.5, 0.6) is 0 Å². The molecule has 4 nitrogen and oxygen atoms in total. The number of aliphatic hydroxyl groups is 1. The van der Waals surface area contributed by atoms with Crippen molar-refractivity contribution >= 4 is 10.9 Å². The summed E-state index contributed by atoms with van der Waals surface area (Å²) in [6, 6.07) is 9.81. The topological polar surface area (TPSA) is 51.6 Å². The molecule has 0 saturated carbocycles. The molecule has 0 radical (unpaired) electrons. The average Bonchev–Trinajstić information content (AvgIpc) is 2.91. The molecule has 2 heterocycles. The van der Waals surface area contributed by atoms with Gasteiger partial charge in [-0.25, -0.2) is 0 Å². The molecule has 0 aliphatic carbocycles. The van der Waals surface area contributed by atoms with Crippen LogP contribution < -0.4 is 0 Å². The molecule has 2 aromatic rings. The number of benzene rings is 1. The first kappa shape index (κ1) is 11.6. The first-order valence-corrected chi connectivity index (χ1v) is 6.09. The van der Waals surface area contributed by atoms with Crippen molar-refractivity contribution in [2.45, 2.75) is 18.8 Å². The van der Waals surface area contributed by atoms with Crippen LogP contribution in [0.15, 0.2) is 36.5 Å². The van der Waals surface area contributed by atoms with E-state index in [1.54, 1.807) is 6.20 Å². The number of hydrogen-bond acceptors (Lipinski definition) is 4. The maximum absolute atomic E-state index is 10.1. The number of ether oxygens (including phenoxy) is 2. The number of aliphatic hydroxyl groups excluding tert-OH is 1. The van der Waals surface area contributed by atoms with Gasteiger partial charge >= 0.3 is 0 Å². The molecule has 1 N–H and O–H groups in total. The predicted molar refractivity (Wildman–Crippen MR) is 67.0 cm³/mol. The van der Waals surface area contributed by atoms with E-state index in [9.17, 15) is 5.11 Å². The molecule has 1 saturated heterocycles. The second-order valence-corrected chi connectivity index (χ2v) is 4.38. The quantitative estimate of drug-likeness (QED) is 0.899. The van der Waals surface area contributed by atoms with E-state index >= 15 is 0 Å². The maximum Gasteiger partial charge on any atom is 0.160 e. The molecule has 3 rings (SSSR count). The second kappa shape index (κ2) is 5.02. The maximum atomic E-state index is 10.1. The molecule has 1 fully saturated rings. The number of para-hydroxylation sites is 1. The van der Waals surface area contributed by atoms with Crippen molar-refractivity contribution in [3.63, 3.8) is 0 Å². The van der Waals surface area contributed by atoms with Gasteiger partial charge in [0.15, 0.2) is 6.29 Å². The zero-order valence-corrected chi connectivity index (χ0v) is 9.95. The third kappa shape index (κ3) is 2.36. The molecule has 94 valence electrons. The Morgan fingerprint density at radius 3 is 2.89 bits per heavy atom. The van der Waals surface area contributed by atoms with Crippen LogP contribution in [0.2, 0.25) is 0 Å². The zero-order chi connectivity index (χ0) is 12.4. The van der Waals surface area contributed by atoms with Crippen molar-refractivity contribution in [2.24, 2.45) is 0 Å². The number of fused-ring (bicyclic) bond motifs is 1. The van der Waals surface area contributed by atoms with Crippen LogP contribution in [0.1, 0.15) is 18.1 Å². The molecular formula is C14H15NO3. The van der Waals surface area contributed by atoms with E-state index in [0.717, 1.165) is 16.5 Å². The summed E-state index contributed by atoms with van der Waals surface area (Å²) in [5.74, 6) is 0. The summed E-state index contributed by atoms with van der Waals surface area (Å²) in [4.78, 5) is 4.34. The fourth-order valence-electron chi connectivity index (χ4n) is 2.13. The van der Waals surface area contributed by atoms with Crippen molar-refractivity contribution in [1.82, 2.24) is 4.98 Å². The number of pyridine rings is 1. The van der Waals surface area contributed by atoms with Crippen molar-refractivity contribution in [3.05, 3.63) is 42.1 Å². The van der Waals surface area contributed by atoms with Crippen LogP contribution in [0.25, 0.3) is 10.9 Å². The highest BCUT2D eigenvalue weighted by Crippen LogP contribution is 2.24. The molecule has 1 aromatic heterocycles. The summed E-state index contributed by atoms with van der Waals surface area (Å²) in [6.45, 7) is 1.21. The van der Waals surface area contributed by atoms with Crippen molar-refractivity contribution in [3.8, 4) is 0 Å². The summed E-state index contributed by atoms with van der Waals surface area (Å²) >= 11 is 0. The fourth-order valence-corrected chi connectivity index (χ4v) is 2.13. The van der Waals surface area contributed by atoms with Gasteiger partial charge in [-0.1, -0.05) is 18.2 Å². The Labute approximate surface area is 105 Å². The molecular weight excluding hydrogens is 230 g/mol. The number of rotatable bonds is 3. The van der Waals surface area contributed by atoms with E-state index in [0.29, 0.717) is 19.6 Å². The molecule has 1 aliphatic rings. The van der Waals surface area contributed by atoms with Crippen LogP contribution in [0.3, 0.4) is 0 Å². The van der Waals surface area contributed by atoms with Gasteiger partial charge in [0, 0.05) is 18.0 Å². The lowest BCUT2D eigenvalue weighted by Crippen LogP contribution is -2.13. The van der Waals surface area contributed by atoms with E-state index in [1.807, 2.05) is 30.3 Å². The fraction of sp³-hybridized carbons (Fsp3) is 0.357. The minimum atomic E-state index is -0.606. The Morgan fingerprint density at radius 1 is 1.28 bits per heavy atom. The lowest BCUT2D eigenvalue weighted by atomic mass is 10.1. The van der Waals surface area contributed by atoms with Gasteiger partial charge in [-0.2, -0.15) is 0 Å². The smallest absolute Gasteiger partial charge is 0.160 e. The van der Waals surface area contributed by atoms with Gasteiger partial charge in [0.1, 0.15) is 0 Å². The predicted octanol–water partition coefficient (Wildman–Crippen LogP) is 2.03. The van der Waals surface area contributed by atoms with Gasteiger partial charge in [-0.15, -0.1) is 0 Å². The molecule has 18 heavy (non-hydrogen) atoms. The first-order chi connectivity index (χ1) is 8.83. The Kier molecular flexibility index (Phi) is 3.23. The Morgan fingerprint density at radius 2 is 2.06 bits per heavy atom. The lowest BCUT2D eigenvalue weighted by Gasteiger charge is -2.15. The van der Waals surface area contributed by atoms with Crippen LogP contribution in [-0.2, 0) is 9.47 Å². The van der Waals surface area contributed by atoms with E-state index < -0.39 is 6.10 Å². The summed E-state index contributed by atoms with van der Waals surface area (Å²) in [6.07, 6.45) is 1.25. The summed E-state index contributed by atoms with van der Waals surface area (Å²) in [5.41, 5.74) is 1.73. The normalized spacial score (nSPS) is 18.3. The summed E-state index contributed by atoms with van der Waals surface area (Å²) in [7, 11) is 0. The molecule has 1 atom stereocenters. The third-order valence-corrected chi connectivity index (χ3v) is 3.10. The number of nitrogens with zero attached hydrogens (tertiary/aromatic N) is 1. The summed E-state index contributed by atoms with van der Waals surface area (Å²) in [5, 5.41) is 11.2. The van der Waals surface area contributed by atoms with Crippen molar-refractivity contribution in [2.75, 3.05) is 13.2 Å². The van der Waals surface area contributed by atoms with Crippen molar-refractivity contribution in [1.29, 1.82) is 0 Å². The highest BCUT2D eigenvalue weighted by atomic mass is 16.7. The van der Waals surface area contributed by atoms with E-state index in [-0.39, 0.29) is 6.29 Å². The SMILES string of the molecule is OC(CC1OCCO1)c1cnc2ccccc2c1. The standard InChI is InChI=1S/C14H15NO3/c16-13(8-14-17-5-6-18-14)11-7-10-3-1-2-4-12(10)15-9-11/h1-4,7,9,13-14,16H,5-6,8H2. The number of hydrogen-bond donors (Lipinski definition) is 1. The Balaban J connectivity index is 1.80. The van der Waals surface area contributed by atoms with Crippen LogP contribution in [-0.4, -0.2) is 29.6 Å². The minimum absolute atomic E-state index is 0.300. The third-order valence-electron chi connectivity index (χ3n) is 3.10. The monoisotopic (exact) mass is 245 g/mol. The Hall–Kier alpha value is -1.49. The van der Waals surface area contributed by atoms with Gasteiger partial charge in [0.25, 0.3) is 0 Å². The van der Waals surface area contributed by atoms with Gasteiger partial charge in [0.2, 0.25) is 0 Å². The highest BCUT2D eigenvalue weighted by Gasteiger charge is 2.21. The molecule has 1 aliphatic heterocycles. The van der Waals surface area contributed by atoms with Crippen molar-refractivity contribution < 1.29 is 14.6 Å². The first-order valence-electron chi connectivity index (χ1n) is 6.09. The van der Waals surface area contributed by atoms with Crippen LogP contribution in [0, 0.1) is 0 Å². The zero-order valence-electron chi connectivity index (χ0n) is 9.95. The van der Waals surface area contributed by atoms with Crippen LogP contribution in [0.4, 0.5) is 0 Å². The molecule has 0 bridgehead atoms. The van der Waals surface area contributed by atoms with Gasteiger partial charge in [-0.3, -0.25) is 4.98 Å². The average molecular weight is 245 g/mol. The molecule has 4 heteroatoms. The van der Waals surface area contributed by atoms with Gasteiger partial charge in [0.05, 0.1) is 24.8 Å². The molecule has 1 aromatic carbocycles. The highest BCUT2D eigenvalue weighted by molar-refractivity contribution is 5.78. The van der Waals surface area contributed by atoms with Gasteiger partial charge < -0.3 is 14.6 Å². The summed E-state index contributed by atoms with van der Waals surface area (Å²) < 4.78 is 10.7. The number of aromatic nitrogens is 1. The van der Waals surface area contributed by atoms with E-state index in [2.05, 4.69) is 4.98 Å². The van der Waals surface area contributed by atoms with Crippen LogP contribution >= 0.6 is 0 Å². The molecule has 0 amide bonds. The lowest BCUT2D eigenvalue weighted by molar-refractivity contribution is -0.0708. The largest absolute Gasteiger partial charge is 0.388 e. The molecule has 1 unspecified atom stereocenters. The minimum Gasteiger partial charge on any atom is -0.388 e.